The van der Waals surface area contributed by atoms with Crippen LogP contribution >= 0.6 is 0 Å². The second kappa shape index (κ2) is 9.60. The van der Waals surface area contributed by atoms with E-state index in [-0.39, 0.29) is 17.5 Å². The molecule has 4 rings (SSSR count). The zero-order valence-corrected chi connectivity index (χ0v) is 19.3. The molecule has 0 unspecified atom stereocenters. The van der Waals surface area contributed by atoms with E-state index in [1.807, 2.05) is 38.1 Å². The molecule has 1 saturated heterocycles. The first-order chi connectivity index (χ1) is 15.9. The number of para-hydroxylation sites is 1. The van der Waals surface area contributed by atoms with Gasteiger partial charge in [0.05, 0.1) is 42.8 Å². The van der Waals surface area contributed by atoms with Gasteiger partial charge in [0, 0.05) is 31.4 Å². The van der Waals surface area contributed by atoms with Crippen LogP contribution in [0, 0.1) is 6.92 Å². The number of hydroxylamine groups is 1. The lowest BCUT2D eigenvalue weighted by Gasteiger charge is -2.29. The van der Waals surface area contributed by atoms with Gasteiger partial charge in [-0.1, -0.05) is 18.2 Å². The van der Waals surface area contributed by atoms with Gasteiger partial charge in [0.1, 0.15) is 0 Å². The first kappa shape index (κ1) is 22.8. The van der Waals surface area contributed by atoms with E-state index in [2.05, 4.69) is 15.7 Å². The second-order valence-electron chi connectivity index (χ2n) is 8.17. The molecule has 0 bridgehead atoms. The number of fused-ring (bicyclic) bond motifs is 1. The number of anilines is 2. The van der Waals surface area contributed by atoms with Crippen molar-refractivity contribution in [3.05, 3.63) is 63.4 Å². The molecule has 2 N–H and O–H groups in total. The van der Waals surface area contributed by atoms with Gasteiger partial charge >= 0.3 is 0 Å². The molecule has 2 heterocycles. The third-order valence-electron chi connectivity index (χ3n) is 5.83. The number of morpholine rings is 1. The number of hydrogen-bond donors (Lipinski definition) is 2. The van der Waals surface area contributed by atoms with Crippen molar-refractivity contribution in [1.82, 2.24) is 15.0 Å². The molecule has 0 aliphatic carbocycles. The Kier molecular flexibility index (Phi) is 6.62. The van der Waals surface area contributed by atoms with Gasteiger partial charge in [0.2, 0.25) is 5.95 Å². The van der Waals surface area contributed by atoms with Crippen LogP contribution in [0.25, 0.3) is 10.9 Å². The van der Waals surface area contributed by atoms with E-state index in [1.165, 1.54) is 7.11 Å². The molecule has 1 aliphatic heterocycles. The Morgan fingerprint density at radius 2 is 1.94 bits per heavy atom. The molecule has 0 radical (unpaired) electrons. The third kappa shape index (κ3) is 4.55. The molecule has 3 aromatic rings. The molecule has 0 spiro atoms. The minimum atomic E-state index is -0.344. The Morgan fingerprint density at radius 1 is 1.21 bits per heavy atom. The van der Waals surface area contributed by atoms with Gasteiger partial charge in [-0.2, -0.15) is 0 Å². The molecular weight excluding hydrogens is 422 g/mol. The number of hydrogen-bond acceptors (Lipinski definition) is 7. The fourth-order valence-electron chi connectivity index (χ4n) is 4.18. The van der Waals surface area contributed by atoms with Crippen LogP contribution in [-0.4, -0.2) is 48.9 Å². The van der Waals surface area contributed by atoms with Gasteiger partial charge in [-0.15, -0.1) is 0 Å². The van der Waals surface area contributed by atoms with Crippen LogP contribution < -0.4 is 21.3 Å². The Labute approximate surface area is 192 Å². The van der Waals surface area contributed by atoms with E-state index in [1.54, 1.807) is 23.7 Å². The minimum Gasteiger partial charge on any atom is -0.378 e. The largest absolute Gasteiger partial charge is 0.378 e. The van der Waals surface area contributed by atoms with Crippen molar-refractivity contribution in [3.8, 4) is 0 Å². The van der Waals surface area contributed by atoms with Crippen molar-refractivity contribution in [2.75, 3.05) is 43.6 Å². The molecular formula is C24H29N5O4. The van der Waals surface area contributed by atoms with Crippen molar-refractivity contribution in [2.24, 2.45) is 7.05 Å². The Morgan fingerprint density at radius 3 is 2.67 bits per heavy atom. The normalized spacial score (nSPS) is 14.8. The van der Waals surface area contributed by atoms with Gasteiger partial charge in [0.15, 0.2) is 0 Å². The maximum absolute atomic E-state index is 13.3. The Hall–Kier alpha value is -3.43. The number of aryl methyl sites for hydroxylation is 1. The van der Waals surface area contributed by atoms with E-state index in [9.17, 15) is 9.59 Å². The summed E-state index contributed by atoms with van der Waals surface area (Å²) in [5.74, 6) is 0.288. The van der Waals surface area contributed by atoms with Crippen molar-refractivity contribution in [3.63, 3.8) is 0 Å². The number of nitrogens with one attached hydrogen (secondary N) is 2. The lowest BCUT2D eigenvalue weighted by Crippen LogP contribution is -2.40. The summed E-state index contributed by atoms with van der Waals surface area (Å²) in [5, 5.41) is 3.99. The van der Waals surface area contributed by atoms with Gasteiger partial charge in [-0.3, -0.25) is 19.0 Å². The monoisotopic (exact) mass is 451 g/mol. The summed E-state index contributed by atoms with van der Waals surface area (Å²) < 4.78 is 7.07. The highest BCUT2D eigenvalue weighted by molar-refractivity contribution is 5.99. The van der Waals surface area contributed by atoms with Gasteiger partial charge in [0.25, 0.3) is 11.5 Å². The van der Waals surface area contributed by atoms with Crippen molar-refractivity contribution >= 4 is 28.4 Å². The summed E-state index contributed by atoms with van der Waals surface area (Å²) in [6.07, 6.45) is 0. The molecule has 1 aliphatic rings. The number of carbonyl (C=O) groups excluding carboxylic acids is 1. The number of ether oxygens (including phenoxy) is 1. The molecule has 0 saturated carbocycles. The zero-order chi connectivity index (χ0) is 23.5. The average Bonchev–Trinajstić information content (AvgIpc) is 2.82. The highest BCUT2D eigenvalue weighted by Gasteiger charge is 2.21. The fourth-order valence-corrected chi connectivity index (χ4v) is 4.18. The molecule has 1 amide bonds. The van der Waals surface area contributed by atoms with E-state index in [4.69, 9.17) is 14.6 Å². The topological polar surface area (TPSA) is 97.7 Å². The molecule has 9 heteroatoms. The molecule has 174 valence electrons. The van der Waals surface area contributed by atoms with Crippen LogP contribution in [0.1, 0.15) is 34.5 Å². The van der Waals surface area contributed by atoms with E-state index in [0.29, 0.717) is 54.4 Å². The Bertz CT molecular complexity index is 1230. The van der Waals surface area contributed by atoms with Crippen LogP contribution in [0.5, 0.6) is 0 Å². The van der Waals surface area contributed by atoms with Gasteiger partial charge in [-0.25, -0.2) is 10.5 Å². The zero-order valence-electron chi connectivity index (χ0n) is 19.3. The lowest BCUT2D eigenvalue weighted by molar-refractivity contribution is 0.0538. The summed E-state index contributed by atoms with van der Waals surface area (Å²) in [4.78, 5) is 37.5. The van der Waals surface area contributed by atoms with Crippen molar-refractivity contribution < 1.29 is 14.4 Å². The number of amides is 1. The summed E-state index contributed by atoms with van der Waals surface area (Å²) in [5.41, 5.74) is 5.91. The molecule has 33 heavy (non-hydrogen) atoms. The molecule has 1 atom stereocenters. The van der Waals surface area contributed by atoms with Crippen molar-refractivity contribution in [1.29, 1.82) is 0 Å². The standard InChI is InChI=1S/C24H29N5O4/c1-15-13-18(16(2)25-20-8-6-5-7-17(20)22(30)27-32-4)21-19(14-15)23(31)28(3)24(26-21)29-9-11-33-12-10-29/h5-8,13-14,16,25H,9-12H2,1-4H3,(H,27,30)/t16-/m1/s1. The number of benzene rings is 2. The van der Waals surface area contributed by atoms with E-state index < -0.39 is 0 Å². The van der Waals surface area contributed by atoms with E-state index >= 15 is 0 Å². The third-order valence-corrected chi connectivity index (χ3v) is 5.83. The second-order valence-corrected chi connectivity index (χ2v) is 8.17. The molecule has 1 aromatic heterocycles. The quantitative estimate of drug-likeness (QED) is 0.556. The first-order valence-corrected chi connectivity index (χ1v) is 10.9. The lowest BCUT2D eigenvalue weighted by atomic mass is 10.0. The highest BCUT2D eigenvalue weighted by atomic mass is 16.6. The van der Waals surface area contributed by atoms with Gasteiger partial charge in [-0.05, 0) is 37.6 Å². The fraction of sp³-hybridized carbons (Fsp3) is 0.375. The molecule has 9 nitrogen and oxygen atoms in total. The summed E-state index contributed by atoms with van der Waals surface area (Å²) >= 11 is 0. The van der Waals surface area contributed by atoms with Crippen molar-refractivity contribution in [2.45, 2.75) is 19.9 Å². The molecule has 2 aromatic carbocycles. The van der Waals surface area contributed by atoms with Crippen LogP contribution in [0.15, 0.2) is 41.2 Å². The number of nitrogens with zero attached hydrogens (tertiary/aromatic N) is 3. The maximum atomic E-state index is 13.3. The predicted molar refractivity (Wildman–Crippen MR) is 128 cm³/mol. The highest BCUT2D eigenvalue weighted by Crippen LogP contribution is 2.29. The predicted octanol–water partition coefficient (Wildman–Crippen LogP) is 2.54. The summed E-state index contributed by atoms with van der Waals surface area (Å²) in [7, 11) is 3.15. The van der Waals surface area contributed by atoms with Gasteiger partial charge < -0.3 is 15.0 Å². The first-order valence-electron chi connectivity index (χ1n) is 10.9. The van der Waals surface area contributed by atoms with E-state index in [0.717, 1.165) is 11.1 Å². The van der Waals surface area contributed by atoms with Crippen LogP contribution in [-0.2, 0) is 16.6 Å². The minimum absolute atomic E-state index is 0.0847. The SMILES string of the molecule is CONC(=O)c1ccccc1N[C@H](C)c1cc(C)cc2c(=O)n(C)c(N3CCOCC3)nc12. The smallest absolute Gasteiger partial charge is 0.276 e. The summed E-state index contributed by atoms with van der Waals surface area (Å²) in [6.45, 7) is 6.53. The summed E-state index contributed by atoms with van der Waals surface area (Å²) in [6, 6.07) is 10.9. The number of rotatable bonds is 6. The molecule has 1 fully saturated rings. The Balaban J connectivity index is 1.78. The van der Waals surface area contributed by atoms with Crippen LogP contribution in [0.4, 0.5) is 11.6 Å². The number of carbonyl (C=O) groups is 1. The van der Waals surface area contributed by atoms with Crippen LogP contribution in [0.3, 0.4) is 0 Å². The maximum Gasteiger partial charge on any atom is 0.276 e. The average molecular weight is 452 g/mol. The number of aromatic nitrogens is 2. The van der Waals surface area contributed by atoms with Crippen LogP contribution in [0.2, 0.25) is 0 Å².